The van der Waals surface area contributed by atoms with Crippen LogP contribution in [0.15, 0.2) is 97.1 Å². The third-order valence-corrected chi connectivity index (χ3v) is 9.73. The Labute approximate surface area is 325 Å². The third kappa shape index (κ3) is 12.1. The van der Waals surface area contributed by atoms with Crippen molar-refractivity contribution in [2.24, 2.45) is 0 Å². The first-order valence-corrected chi connectivity index (χ1v) is 17.4. The average molecular weight is 821 g/mol. The van der Waals surface area contributed by atoms with Gasteiger partial charge in [-0.05, 0) is 18.9 Å². The Kier molecular flexibility index (Phi) is 15.9. The van der Waals surface area contributed by atoms with Gasteiger partial charge in [0, 0.05) is 0 Å². The summed E-state index contributed by atoms with van der Waals surface area (Å²) in [6, 6.07) is 30.5. The maximum Gasteiger partial charge on any atom is -1.00 e. The first kappa shape index (κ1) is 44.3. The second-order valence-electron chi connectivity index (χ2n) is 13.4. The van der Waals surface area contributed by atoms with Crippen molar-refractivity contribution in [3.8, 4) is 11.1 Å². The maximum absolute atomic E-state index is 12.5. The van der Waals surface area contributed by atoms with Crippen LogP contribution in [0.3, 0.4) is 0 Å². The predicted octanol–water partition coefficient (Wildman–Crippen LogP) is 6.18. The Hall–Kier alpha value is -2.86. The molecule has 1 aliphatic rings. The third-order valence-electron chi connectivity index (χ3n) is 8.32. The quantitative estimate of drug-likeness (QED) is 0.148. The van der Waals surface area contributed by atoms with Crippen molar-refractivity contribution in [1.29, 1.82) is 0 Å². The molecule has 1 aliphatic carbocycles. The second-order valence-corrected chi connectivity index (χ2v) is 14.6. The molecule has 5 aromatic rings. The summed E-state index contributed by atoms with van der Waals surface area (Å²) in [5.41, 5.74) is 11.0. The van der Waals surface area contributed by atoms with E-state index in [9.17, 15) is 26.3 Å². The molecule has 0 aromatic heterocycles. The predicted molar refractivity (Wildman–Crippen MR) is 184 cm³/mol. The molecule has 0 atom stereocenters. The van der Waals surface area contributed by atoms with Crippen molar-refractivity contribution in [3.63, 3.8) is 0 Å². The molecular weight excluding hydrogens is 781 g/mol. The maximum atomic E-state index is 12.5. The zero-order chi connectivity index (χ0) is 36.1. The van der Waals surface area contributed by atoms with E-state index in [0.717, 1.165) is 54.9 Å². The van der Waals surface area contributed by atoms with E-state index in [2.05, 4.69) is 96.1 Å². The number of aryl methyl sites for hydroxylation is 3. The number of rotatable bonds is 4. The molecule has 0 spiro atoms. The number of halogens is 8. The van der Waals surface area contributed by atoms with E-state index < -0.39 is 23.5 Å². The van der Waals surface area contributed by atoms with E-state index in [-0.39, 0.29) is 24.8 Å². The van der Waals surface area contributed by atoms with Crippen molar-refractivity contribution in [2.45, 2.75) is 78.6 Å². The molecule has 0 fully saturated rings. The van der Waals surface area contributed by atoms with Crippen molar-refractivity contribution in [2.75, 3.05) is 0 Å². The summed E-state index contributed by atoms with van der Waals surface area (Å²) in [4.78, 5) is 0. The first-order valence-electron chi connectivity index (χ1n) is 16.2. The Morgan fingerprint density at radius 1 is 0.706 bits per heavy atom. The van der Waals surface area contributed by atoms with Crippen LogP contribution in [0.1, 0.15) is 89.8 Å². The molecule has 270 valence electrons. The Balaban J connectivity index is 0.000000273. The molecule has 0 nitrogen and oxygen atoms in total. The number of alkyl halides is 6. The monoisotopic (exact) mass is 818 g/mol. The summed E-state index contributed by atoms with van der Waals surface area (Å²) in [6.45, 7) is 13.3. The van der Waals surface area contributed by atoms with Crippen molar-refractivity contribution < 1.29 is 75.4 Å². The van der Waals surface area contributed by atoms with Gasteiger partial charge < -0.3 is 24.8 Å². The summed E-state index contributed by atoms with van der Waals surface area (Å²) in [5.74, 6) is 0. The minimum Gasteiger partial charge on any atom is -1.00 e. The molecule has 0 saturated heterocycles. The van der Waals surface area contributed by atoms with Gasteiger partial charge >= 0.3 is 137 Å². The average Bonchev–Trinajstić information content (AvgIpc) is 3.65. The van der Waals surface area contributed by atoms with Crippen LogP contribution in [0.4, 0.5) is 26.3 Å². The van der Waals surface area contributed by atoms with Crippen LogP contribution >= 0.6 is 0 Å². The smallest absolute Gasteiger partial charge is 1.00 e. The Bertz CT molecular complexity index is 1770. The molecule has 0 amide bonds. The normalized spacial score (nSPS) is 11.8. The van der Waals surface area contributed by atoms with E-state index in [1.807, 2.05) is 0 Å². The fourth-order valence-electron chi connectivity index (χ4n) is 5.59. The van der Waals surface area contributed by atoms with Gasteiger partial charge in [-0.3, -0.25) is 0 Å². The van der Waals surface area contributed by atoms with Crippen molar-refractivity contribution in [3.05, 3.63) is 159 Å². The minimum atomic E-state index is -4.41. The molecular formula is C42H40Cl2F6Zr-2. The zero-order valence-corrected chi connectivity index (χ0v) is 33.4. The standard InChI is InChI=1S/C15H8F6.C15H13.C12H19.2ClH.Zr/c16-14(17,18)12-5-1-10(2-6-12)9-11-3-7-13(8-4-11)15(19,20)21;1-10-3-5-14-12(7-10)9-13-8-11(2)4-6-15(13)14;1-5-6-10-7-8-11(9-10)12(2,3)4;;;/h1-8H;3-7H,9H2,1-2H3;7-9H,5-6H2,1-4H3;2*1H;/q;2*-1;;;+2/p-2. The van der Waals surface area contributed by atoms with Crippen LogP contribution in [0, 0.1) is 19.9 Å². The number of fused-ring (bicyclic) bond motifs is 3. The Morgan fingerprint density at radius 2 is 1.22 bits per heavy atom. The van der Waals surface area contributed by atoms with Gasteiger partial charge in [0.05, 0.1) is 0 Å². The van der Waals surface area contributed by atoms with Gasteiger partial charge in [0.1, 0.15) is 0 Å². The van der Waals surface area contributed by atoms with Gasteiger partial charge in [0.25, 0.3) is 0 Å². The zero-order valence-electron chi connectivity index (χ0n) is 29.4. The summed E-state index contributed by atoms with van der Waals surface area (Å²) in [6.07, 6.45) is -5.31. The number of hydrogen-bond acceptors (Lipinski definition) is 0. The summed E-state index contributed by atoms with van der Waals surface area (Å²) < 4.78 is 75.6. The van der Waals surface area contributed by atoms with Crippen molar-refractivity contribution in [1.82, 2.24) is 0 Å². The van der Waals surface area contributed by atoms with E-state index >= 15 is 0 Å². The topological polar surface area (TPSA) is 0 Å². The Morgan fingerprint density at radius 3 is 1.67 bits per heavy atom. The van der Waals surface area contributed by atoms with Crippen LogP contribution in [-0.4, -0.2) is 3.21 Å². The molecule has 5 aromatic carbocycles. The van der Waals surface area contributed by atoms with Gasteiger partial charge in [-0.1, -0.05) is 82.2 Å². The molecule has 0 bridgehead atoms. The van der Waals surface area contributed by atoms with Gasteiger partial charge in [0.15, 0.2) is 0 Å². The van der Waals surface area contributed by atoms with Gasteiger partial charge in [0.2, 0.25) is 0 Å². The van der Waals surface area contributed by atoms with Gasteiger partial charge in [-0.2, -0.15) is 47.0 Å². The summed E-state index contributed by atoms with van der Waals surface area (Å²) in [7, 11) is 0. The van der Waals surface area contributed by atoms with Crippen LogP contribution in [0.2, 0.25) is 0 Å². The summed E-state index contributed by atoms with van der Waals surface area (Å²) >= 11 is 0.898. The van der Waals surface area contributed by atoms with E-state index in [4.69, 9.17) is 0 Å². The number of benzene rings is 4. The SMILES string of the molecule is CCCc1cc(C(C)(C)C)c[cH-]1.Cc1[c-]c2c(cc1)-c1ccc(C)cc1C2.FC(F)(F)c1ccc([C](=[Zr+2])c2ccc(C(F)(F)F)cc2)cc1.[Cl-].[Cl-]. The van der Waals surface area contributed by atoms with Crippen LogP contribution in [-0.2, 0) is 54.8 Å². The first-order chi connectivity index (χ1) is 22.9. The van der Waals surface area contributed by atoms with Gasteiger partial charge in [-0.25, -0.2) is 6.07 Å². The van der Waals surface area contributed by atoms with E-state index in [0.29, 0.717) is 19.7 Å². The molecule has 0 saturated carbocycles. The van der Waals surface area contributed by atoms with Crippen molar-refractivity contribution >= 4 is 3.21 Å². The number of hydrogen-bond donors (Lipinski definition) is 0. The molecule has 0 radical (unpaired) electrons. The van der Waals surface area contributed by atoms with Crippen LogP contribution in [0.5, 0.6) is 0 Å². The second kappa shape index (κ2) is 18.3. The fraction of sp³-hybridized carbons (Fsp3) is 0.286. The minimum absolute atomic E-state index is 0. The molecule has 0 heterocycles. The fourth-order valence-corrected chi connectivity index (χ4v) is 6.41. The molecule has 6 rings (SSSR count). The van der Waals surface area contributed by atoms with Gasteiger partial charge in [-0.15, -0.1) is 11.1 Å². The molecule has 0 aliphatic heterocycles. The molecule has 0 unspecified atom stereocenters. The largest absolute Gasteiger partial charge is 1.00 e. The molecule has 0 N–H and O–H groups in total. The summed E-state index contributed by atoms with van der Waals surface area (Å²) in [5, 5.41) is 0. The van der Waals surface area contributed by atoms with Crippen LogP contribution in [0.25, 0.3) is 11.1 Å². The molecule has 51 heavy (non-hydrogen) atoms. The van der Waals surface area contributed by atoms with Crippen LogP contribution < -0.4 is 24.8 Å². The van der Waals surface area contributed by atoms with E-state index in [1.165, 1.54) is 81.6 Å². The van der Waals surface area contributed by atoms with E-state index in [1.54, 1.807) is 0 Å². The molecule has 9 heteroatoms.